The number of halogens is 2. The van der Waals surface area contributed by atoms with Crippen molar-refractivity contribution in [1.29, 1.82) is 0 Å². The van der Waals surface area contributed by atoms with Crippen molar-refractivity contribution in [3.8, 4) is 11.5 Å². The second-order valence-corrected chi connectivity index (χ2v) is 7.33. The molecule has 6 nitrogen and oxygen atoms in total. The maximum Gasteiger partial charge on any atom is 0.224 e. The summed E-state index contributed by atoms with van der Waals surface area (Å²) in [6, 6.07) is 9.27. The van der Waals surface area contributed by atoms with Gasteiger partial charge in [0.25, 0.3) is 0 Å². The first-order valence-electron chi connectivity index (χ1n) is 9.86. The molecule has 0 radical (unpaired) electrons. The largest absolute Gasteiger partial charge is 0.493 e. The molecule has 0 spiro atoms. The van der Waals surface area contributed by atoms with Crippen molar-refractivity contribution < 1.29 is 14.3 Å². The van der Waals surface area contributed by atoms with Crippen LogP contribution in [0.5, 0.6) is 11.5 Å². The van der Waals surface area contributed by atoms with Crippen molar-refractivity contribution in [2.45, 2.75) is 32.8 Å². The maximum atomic E-state index is 12.5. The summed E-state index contributed by atoms with van der Waals surface area (Å²) in [4.78, 5) is 16.5. The number of nitrogens with one attached hydrogen (secondary N) is 2. The number of methoxy groups -OCH3 is 1. The zero-order valence-electron chi connectivity index (χ0n) is 17.4. The zero-order valence-corrected chi connectivity index (χ0v) is 19.1. The average molecular weight is 456 g/mol. The molecule has 8 heteroatoms. The van der Waals surface area contributed by atoms with Gasteiger partial charge in [-0.3, -0.25) is 9.78 Å². The molecular formula is C22H31Cl2N3O3. The van der Waals surface area contributed by atoms with E-state index in [9.17, 15) is 4.79 Å². The van der Waals surface area contributed by atoms with Crippen LogP contribution >= 0.6 is 24.8 Å². The van der Waals surface area contributed by atoms with Gasteiger partial charge in [-0.15, -0.1) is 24.8 Å². The van der Waals surface area contributed by atoms with E-state index in [1.165, 1.54) is 0 Å². The maximum absolute atomic E-state index is 12.5. The second kappa shape index (κ2) is 13.3. The lowest BCUT2D eigenvalue weighted by atomic mass is 9.84. The lowest BCUT2D eigenvalue weighted by Crippen LogP contribution is -2.32. The Bertz CT molecular complexity index is 771. The number of ether oxygens (including phenoxy) is 2. The summed E-state index contributed by atoms with van der Waals surface area (Å²) in [6.45, 7) is 4.68. The topological polar surface area (TPSA) is 72.5 Å². The van der Waals surface area contributed by atoms with Crippen LogP contribution in [0.25, 0.3) is 0 Å². The van der Waals surface area contributed by atoms with E-state index in [0.29, 0.717) is 42.0 Å². The smallest absolute Gasteiger partial charge is 0.224 e. The highest BCUT2D eigenvalue weighted by Crippen LogP contribution is 2.31. The highest BCUT2D eigenvalue weighted by atomic mass is 35.5. The lowest BCUT2D eigenvalue weighted by molar-refractivity contribution is -0.117. The number of piperidine rings is 1. The van der Waals surface area contributed by atoms with Crippen LogP contribution in [0.4, 0.5) is 5.69 Å². The van der Waals surface area contributed by atoms with E-state index in [0.717, 1.165) is 31.5 Å². The number of carbonyl (C=O) groups is 1. The zero-order chi connectivity index (χ0) is 19.8. The molecular weight excluding hydrogens is 425 g/mol. The van der Waals surface area contributed by atoms with E-state index in [2.05, 4.69) is 22.5 Å². The predicted molar refractivity (Wildman–Crippen MR) is 124 cm³/mol. The molecule has 2 heterocycles. The lowest BCUT2D eigenvalue weighted by Gasteiger charge is -2.27. The summed E-state index contributed by atoms with van der Waals surface area (Å²) in [5, 5.41) is 6.38. The number of carbonyl (C=O) groups excluding carboxylic acids is 1. The highest BCUT2D eigenvalue weighted by molar-refractivity contribution is 5.91. The minimum atomic E-state index is 0. The molecule has 1 unspecified atom stereocenters. The van der Waals surface area contributed by atoms with Crippen molar-refractivity contribution in [1.82, 2.24) is 10.3 Å². The molecule has 1 aromatic carbocycles. The second-order valence-electron chi connectivity index (χ2n) is 7.33. The average Bonchev–Trinajstić information content (AvgIpc) is 2.73. The molecule has 2 aromatic rings. The molecule has 0 aliphatic carbocycles. The van der Waals surface area contributed by atoms with Crippen LogP contribution in [-0.4, -0.2) is 31.1 Å². The molecule has 1 saturated heterocycles. The monoisotopic (exact) mass is 455 g/mol. The third-order valence-electron chi connectivity index (χ3n) is 5.29. The van der Waals surface area contributed by atoms with Crippen LogP contribution < -0.4 is 20.1 Å². The van der Waals surface area contributed by atoms with Gasteiger partial charge in [0, 0.05) is 30.6 Å². The van der Waals surface area contributed by atoms with Gasteiger partial charge in [0.15, 0.2) is 11.5 Å². The first kappa shape index (κ1) is 26.0. The number of benzene rings is 1. The van der Waals surface area contributed by atoms with Gasteiger partial charge in [-0.25, -0.2) is 0 Å². The number of hydrogen-bond acceptors (Lipinski definition) is 5. The Morgan fingerprint density at radius 1 is 1.17 bits per heavy atom. The van der Waals surface area contributed by atoms with Crippen LogP contribution in [0.3, 0.4) is 0 Å². The van der Waals surface area contributed by atoms with Crippen molar-refractivity contribution in [3.63, 3.8) is 0 Å². The first-order chi connectivity index (χ1) is 13.7. The van der Waals surface area contributed by atoms with Crippen molar-refractivity contribution in [3.05, 3.63) is 48.3 Å². The minimum Gasteiger partial charge on any atom is -0.493 e. The van der Waals surface area contributed by atoms with Gasteiger partial charge < -0.3 is 20.1 Å². The Morgan fingerprint density at radius 2 is 1.87 bits per heavy atom. The third kappa shape index (κ3) is 7.67. The molecule has 1 fully saturated rings. The van der Waals surface area contributed by atoms with E-state index in [1.54, 1.807) is 19.5 Å². The van der Waals surface area contributed by atoms with Gasteiger partial charge in [0.2, 0.25) is 5.91 Å². The standard InChI is InChI=1S/C22H29N3O3.2ClH/c1-16(18-7-11-24-12-8-18)13-22(26)25-19-3-4-20(27-2)21(14-19)28-15-17-5-9-23-10-6-17;;/h3-6,9-10,14,16,18,24H,7-8,11-13,15H2,1-2H3,(H,25,26);2*1H. The Labute approximate surface area is 191 Å². The van der Waals surface area contributed by atoms with Crippen LogP contribution in [0.15, 0.2) is 42.7 Å². The molecule has 3 rings (SSSR count). The SMILES string of the molecule is COc1ccc(NC(=O)CC(C)C2CCNCC2)cc1OCc1ccncc1.Cl.Cl. The van der Waals surface area contributed by atoms with Gasteiger partial charge in [-0.1, -0.05) is 6.92 Å². The molecule has 166 valence electrons. The molecule has 1 aromatic heterocycles. The third-order valence-corrected chi connectivity index (χ3v) is 5.29. The molecule has 1 aliphatic heterocycles. The molecule has 1 atom stereocenters. The van der Waals surface area contributed by atoms with E-state index < -0.39 is 0 Å². The number of aromatic nitrogens is 1. The molecule has 2 N–H and O–H groups in total. The summed E-state index contributed by atoms with van der Waals surface area (Å²) in [5.74, 6) is 2.26. The fourth-order valence-electron chi connectivity index (χ4n) is 3.59. The predicted octanol–water partition coefficient (Wildman–Crippen LogP) is 4.48. The summed E-state index contributed by atoms with van der Waals surface area (Å²) >= 11 is 0. The molecule has 0 bridgehead atoms. The quantitative estimate of drug-likeness (QED) is 0.613. The summed E-state index contributed by atoms with van der Waals surface area (Å²) in [7, 11) is 1.60. The number of anilines is 1. The molecule has 1 aliphatic rings. The van der Waals surface area contributed by atoms with E-state index in [-0.39, 0.29) is 30.7 Å². The van der Waals surface area contributed by atoms with Gasteiger partial charge in [-0.05, 0) is 67.6 Å². The first-order valence-corrected chi connectivity index (χ1v) is 9.86. The fourth-order valence-corrected chi connectivity index (χ4v) is 3.59. The van der Waals surface area contributed by atoms with E-state index in [1.807, 2.05) is 30.3 Å². The van der Waals surface area contributed by atoms with Crippen molar-refractivity contribution in [2.24, 2.45) is 11.8 Å². The Morgan fingerprint density at radius 3 is 2.53 bits per heavy atom. The summed E-state index contributed by atoms with van der Waals surface area (Å²) in [5.41, 5.74) is 1.73. The number of nitrogens with zero attached hydrogens (tertiary/aromatic N) is 1. The van der Waals surface area contributed by atoms with E-state index in [4.69, 9.17) is 9.47 Å². The summed E-state index contributed by atoms with van der Waals surface area (Å²) in [6.07, 6.45) is 6.28. The summed E-state index contributed by atoms with van der Waals surface area (Å²) < 4.78 is 11.3. The van der Waals surface area contributed by atoms with Crippen LogP contribution in [0.1, 0.15) is 31.7 Å². The molecule has 1 amide bonds. The number of hydrogen-bond donors (Lipinski definition) is 2. The molecule has 0 saturated carbocycles. The number of rotatable bonds is 8. The van der Waals surface area contributed by atoms with Gasteiger partial charge in [0.1, 0.15) is 6.61 Å². The van der Waals surface area contributed by atoms with E-state index >= 15 is 0 Å². The van der Waals surface area contributed by atoms with Gasteiger partial charge in [-0.2, -0.15) is 0 Å². The van der Waals surface area contributed by atoms with Crippen LogP contribution in [-0.2, 0) is 11.4 Å². The van der Waals surface area contributed by atoms with Gasteiger partial charge in [0.05, 0.1) is 7.11 Å². The van der Waals surface area contributed by atoms with Crippen molar-refractivity contribution >= 4 is 36.4 Å². The van der Waals surface area contributed by atoms with Crippen LogP contribution in [0.2, 0.25) is 0 Å². The Kier molecular flexibility index (Phi) is 11.5. The number of amides is 1. The normalized spacial score (nSPS) is 14.6. The Balaban J connectivity index is 0.00000225. The number of pyridine rings is 1. The van der Waals surface area contributed by atoms with Crippen molar-refractivity contribution in [2.75, 3.05) is 25.5 Å². The molecule has 30 heavy (non-hydrogen) atoms. The Hall–Kier alpha value is -2.02. The highest BCUT2D eigenvalue weighted by Gasteiger charge is 2.22. The van der Waals surface area contributed by atoms with Gasteiger partial charge >= 0.3 is 0 Å². The fraction of sp³-hybridized carbons (Fsp3) is 0.455. The van der Waals surface area contributed by atoms with Crippen LogP contribution in [0, 0.1) is 11.8 Å². The minimum absolute atomic E-state index is 0.